The number of nitrogens with zero attached hydrogens (tertiary/aromatic N) is 1. The predicted molar refractivity (Wildman–Crippen MR) is 119 cm³/mol. The van der Waals surface area contributed by atoms with Crippen molar-refractivity contribution >= 4 is 39.4 Å². The molecular weight excluding hydrogens is 464 g/mol. The molecular formula is C23H21BrN2O5. The zero-order valence-electron chi connectivity index (χ0n) is 17.1. The Hall–Kier alpha value is -3.39. The molecule has 0 fully saturated rings. The van der Waals surface area contributed by atoms with Crippen molar-refractivity contribution in [1.82, 2.24) is 4.90 Å². The summed E-state index contributed by atoms with van der Waals surface area (Å²) in [5, 5.41) is 2.70. The second kappa shape index (κ2) is 10.1. The van der Waals surface area contributed by atoms with Crippen LogP contribution in [0.15, 0.2) is 69.8 Å². The maximum Gasteiger partial charge on any atom is 0.338 e. The number of nitrogens with one attached hydrogen (secondary N) is 1. The molecule has 7 nitrogen and oxygen atoms in total. The Morgan fingerprint density at radius 3 is 2.52 bits per heavy atom. The lowest BCUT2D eigenvalue weighted by atomic mass is 10.1. The molecule has 0 unspecified atom stereocenters. The zero-order chi connectivity index (χ0) is 22.4. The third-order valence-electron chi connectivity index (χ3n) is 4.55. The Balaban J connectivity index is 1.57. The van der Waals surface area contributed by atoms with Crippen LogP contribution in [-0.4, -0.2) is 36.3 Å². The number of hydrogen-bond acceptors (Lipinski definition) is 5. The topological polar surface area (TPSA) is 88.9 Å². The largest absolute Gasteiger partial charge is 0.459 e. The molecule has 31 heavy (non-hydrogen) atoms. The summed E-state index contributed by atoms with van der Waals surface area (Å²) in [6, 6.07) is 15.5. The second-order valence-electron chi connectivity index (χ2n) is 6.91. The van der Waals surface area contributed by atoms with Crippen LogP contribution in [-0.2, 0) is 16.1 Å². The summed E-state index contributed by atoms with van der Waals surface area (Å²) >= 11 is 3.37. The van der Waals surface area contributed by atoms with Gasteiger partial charge in [0.05, 0.1) is 11.8 Å². The highest BCUT2D eigenvalue weighted by molar-refractivity contribution is 9.10. The Bertz CT molecular complexity index is 1080. The average Bonchev–Trinajstić information content (AvgIpc) is 3.30. The molecule has 0 aliphatic carbocycles. The normalized spacial score (nSPS) is 10.4. The molecule has 1 aromatic heterocycles. The molecule has 160 valence electrons. The van der Waals surface area contributed by atoms with E-state index in [0.717, 1.165) is 15.6 Å². The number of carbonyl (C=O) groups is 3. The number of aryl methyl sites for hydroxylation is 1. The Morgan fingerprint density at radius 2 is 1.84 bits per heavy atom. The van der Waals surface area contributed by atoms with Crippen LogP contribution in [0.3, 0.4) is 0 Å². The van der Waals surface area contributed by atoms with Gasteiger partial charge < -0.3 is 19.4 Å². The van der Waals surface area contributed by atoms with Crippen LogP contribution < -0.4 is 5.32 Å². The number of amides is 2. The highest BCUT2D eigenvalue weighted by Gasteiger charge is 2.16. The van der Waals surface area contributed by atoms with E-state index in [1.807, 2.05) is 24.3 Å². The van der Waals surface area contributed by atoms with Crippen molar-refractivity contribution in [3.05, 3.63) is 87.8 Å². The predicted octanol–water partition coefficient (Wildman–Crippen LogP) is 4.42. The molecule has 1 heterocycles. The SMILES string of the molecule is Cc1ccc(C(=O)OCC(=O)N(C)Cc2ccc(Br)cc2)cc1NC(=O)c1ccco1. The molecule has 3 aromatic rings. The first kappa shape index (κ1) is 22.3. The van der Waals surface area contributed by atoms with Gasteiger partial charge in [0.1, 0.15) is 0 Å². The molecule has 0 radical (unpaired) electrons. The van der Waals surface area contributed by atoms with E-state index in [1.165, 1.54) is 17.2 Å². The minimum Gasteiger partial charge on any atom is -0.459 e. The molecule has 8 heteroatoms. The summed E-state index contributed by atoms with van der Waals surface area (Å²) in [7, 11) is 1.65. The van der Waals surface area contributed by atoms with E-state index in [9.17, 15) is 14.4 Å². The second-order valence-corrected chi connectivity index (χ2v) is 7.83. The van der Waals surface area contributed by atoms with E-state index in [4.69, 9.17) is 9.15 Å². The van der Waals surface area contributed by atoms with Crippen LogP contribution in [0.4, 0.5) is 5.69 Å². The van der Waals surface area contributed by atoms with Crippen LogP contribution in [0, 0.1) is 6.92 Å². The molecule has 1 N–H and O–H groups in total. The molecule has 0 saturated carbocycles. The number of rotatable bonds is 7. The van der Waals surface area contributed by atoms with Crippen molar-refractivity contribution < 1.29 is 23.5 Å². The van der Waals surface area contributed by atoms with E-state index in [2.05, 4.69) is 21.2 Å². The lowest BCUT2D eigenvalue weighted by molar-refractivity contribution is -0.133. The van der Waals surface area contributed by atoms with Crippen molar-refractivity contribution in [1.29, 1.82) is 0 Å². The van der Waals surface area contributed by atoms with Crippen molar-refractivity contribution in [2.45, 2.75) is 13.5 Å². The average molecular weight is 485 g/mol. The van der Waals surface area contributed by atoms with Gasteiger partial charge >= 0.3 is 5.97 Å². The molecule has 0 aliphatic rings. The van der Waals surface area contributed by atoms with Crippen molar-refractivity contribution in [3.8, 4) is 0 Å². The van der Waals surface area contributed by atoms with E-state index >= 15 is 0 Å². The van der Waals surface area contributed by atoms with Gasteiger partial charge in [-0.15, -0.1) is 0 Å². The fraction of sp³-hybridized carbons (Fsp3) is 0.174. The summed E-state index contributed by atoms with van der Waals surface area (Å²) in [6.45, 7) is 1.82. The molecule has 0 atom stereocenters. The highest BCUT2D eigenvalue weighted by Crippen LogP contribution is 2.19. The molecule has 0 aliphatic heterocycles. The lowest BCUT2D eigenvalue weighted by Gasteiger charge is -2.17. The monoisotopic (exact) mass is 484 g/mol. The lowest BCUT2D eigenvalue weighted by Crippen LogP contribution is -2.30. The number of esters is 1. The number of hydrogen-bond donors (Lipinski definition) is 1. The van der Waals surface area contributed by atoms with Crippen LogP contribution in [0.5, 0.6) is 0 Å². The minimum absolute atomic E-state index is 0.159. The van der Waals surface area contributed by atoms with Crippen LogP contribution in [0.25, 0.3) is 0 Å². The van der Waals surface area contributed by atoms with E-state index in [-0.39, 0.29) is 23.8 Å². The van der Waals surface area contributed by atoms with Crippen molar-refractivity contribution in [2.75, 3.05) is 19.0 Å². The first-order valence-corrected chi connectivity index (χ1v) is 10.2. The number of anilines is 1. The van der Waals surface area contributed by atoms with Gasteiger partial charge in [-0.3, -0.25) is 9.59 Å². The minimum atomic E-state index is -0.654. The molecule has 0 spiro atoms. The van der Waals surface area contributed by atoms with Gasteiger partial charge in [-0.25, -0.2) is 4.79 Å². The Labute approximate surface area is 188 Å². The fourth-order valence-corrected chi connectivity index (χ4v) is 3.01. The molecule has 0 bridgehead atoms. The van der Waals surface area contributed by atoms with Gasteiger partial charge in [-0.05, 0) is 54.4 Å². The number of likely N-dealkylation sites (N-methyl/N-ethyl adjacent to an activating group) is 1. The first-order chi connectivity index (χ1) is 14.8. The van der Waals surface area contributed by atoms with Crippen LogP contribution >= 0.6 is 15.9 Å². The Kier molecular flexibility index (Phi) is 7.25. The van der Waals surface area contributed by atoms with Gasteiger partial charge in [-0.1, -0.05) is 34.1 Å². The summed E-state index contributed by atoms with van der Waals surface area (Å²) < 4.78 is 11.2. The number of furan rings is 1. The number of ether oxygens (including phenoxy) is 1. The highest BCUT2D eigenvalue weighted by atomic mass is 79.9. The van der Waals surface area contributed by atoms with Gasteiger partial charge in [0.2, 0.25) is 0 Å². The third-order valence-corrected chi connectivity index (χ3v) is 5.08. The van der Waals surface area contributed by atoms with E-state index in [1.54, 1.807) is 38.2 Å². The summed E-state index contributed by atoms with van der Waals surface area (Å²) in [4.78, 5) is 38.4. The van der Waals surface area contributed by atoms with Gasteiger partial charge in [0.25, 0.3) is 11.8 Å². The van der Waals surface area contributed by atoms with Gasteiger partial charge in [0.15, 0.2) is 12.4 Å². The number of halogens is 1. The van der Waals surface area contributed by atoms with Crippen LogP contribution in [0.2, 0.25) is 0 Å². The number of carbonyl (C=O) groups excluding carboxylic acids is 3. The maximum atomic E-state index is 12.4. The Morgan fingerprint density at radius 1 is 1.10 bits per heavy atom. The third kappa shape index (κ3) is 6.05. The summed E-state index contributed by atoms with van der Waals surface area (Å²) in [6.07, 6.45) is 1.40. The maximum absolute atomic E-state index is 12.4. The van der Waals surface area contributed by atoms with Gasteiger partial charge in [-0.2, -0.15) is 0 Å². The summed E-state index contributed by atoms with van der Waals surface area (Å²) in [5.41, 5.74) is 2.40. The smallest absolute Gasteiger partial charge is 0.338 e. The zero-order valence-corrected chi connectivity index (χ0v) is 18.6. The van der Waals surface area contributed by atoms with Crippen LogP contribution in [0.1, 0.15) is 32.0 Å². The molecule has 2 aromatic carbocycles. The molecule has 3 rings (SSSR count). The van der Waals surface area contributed by atoms with Gasteiger partial charge in [0, 0.05) is 23.8 Å². The standard InChI is InChI=1S/C23H21BrN2O5/c1-15-5-8-17(12-19(15)25-22(28)20-4-3-11-30-20)23(29)31-14-21(27)26(2)13-16-6-9-18(24)10-7-16/h3-12H,13-14H2,1-2H3,(H,25,28). The van der Waals surface area contributed by atoms with E-state index < -0.39 is 11.9 Å². The van der Waals surface area contributed by atoms with Crippen molar-refractivity contribution in [3.63, 3.8) is 0 Å². The molecule has 2 amide bonds. The molecule has 0 saturated heterocycles. The van der Waals surface area contributed by atoms with E-state index in [0.29, 0.717) is 12.2 Å². The number of benzene rings is 2. The first-order valence-electron chi connectivity index (χ1n) is 9.44. The summed E-state index contributed by atoms with van der Waals surface area (Å²) in [5.74, 6) is -1.25. The fourth-order valence-electron chi connectivity index (χ4n) is 2.75. The van der Waals surface area contributed by atoms with Crippen molar-refractivity contribution in [2.24, 2.45) is 0 Å². The quantitative estimate of drug-likeness (QED) is 0.501.